The molecule has 1 atom stereocenters. The Balaban J connectivity index is 1.33. The Morgan fingerprint density at radius 3 is 2.67 bits per heavy atom. The van der Waals surface area contributed by atoms with E-state index in [4.69, 9.17) is 0 Å². The van der Waals surface area contributed by atoms with Crippen LogP contribution in [0.2, 0.25) is 0 Å². The van der Waals surface area contributed by atoms with Crippen molar-refractivity contribution in [3.63, 3.8) is 0 Å². The number of nitrogens with one attached hydrogen (secondary N) is 1. The van der Waals surface area contributed by atoms with Gasteiger partial charge < -0.3 is 10.2 Å². The smallest absolute Gasteiger partial charge is 0.230 e. The summed E-state index contributed by atoms with van der Waals surface area (Å²) in [4.78, 5) is 31.7. The molecule has 0 unspecified atom stereocenters. The summed E-state index contributed by atoms with van der Waals surface area (Å²) in [7, 11) is 0. The summed E-state index contributed by atoms with van der Waals surface area (Å²) in [6.45, 7) is 2.08. The van der Waals surface area contributed by atoms with Gasteiger partial charge in [0.15, 0.2) is 0 Å². The normalized spacial score (nSPS) is 15.8. The summed E-state index contributed by atoms with van der Waals surface area (Å²) in [6.07, 6.45) is 0.0890. The molecule has 166 valence electrons. The molecular weight excluding hydrogens is 441 g/mol. The largest absolute Gasteiger partial charge is 0.312 e. The molecular formula is C24H20FN5O2S. The maximum Gasteiger partial charge on any atom is 0.230 e. The molecule has 5 rings (SSSR count). The molecule has 0 spiro atoms. The quantitative estimate of drug-likeness (QED) is 0.477. The summed E-state index contributed by atoms with van der Waals surface area (Å²) < 4.78 is 14.8. The SMILES string of the molecule is Cc1cc(NC(=O)[C@@H]2CC(=O)N(c3ccc(F)cc3)C2)n(-c2nc(-c3ccccc3)cs2)n1. The Kier molecular flexibility index (Phi) is 5.47. The summed E-state index contributed by atoms with van der Waals surface area (Å²) in [5.74, 6) is -0.838. The molecule has 2 aromatic carbocycles. The van der Waals surface area contributed by atoms with Gasteiger partial charge in [0.25, 0.3) is 0 Å². The molecule has 33 heavy (non-hydrogen) atoms. The molecule has 2 aromatic heterocycles. The first-order chi connectivity index (χ1) is 16.0. The van der Waals surface area contributed by atoms with E-state index in [1.807, 2.05) is 42.6 Å². The Morgan fingerprint density at radius 2 is 1.91 bits per heavy atom. The van der Waals surface area contributed by atoms with Crippen molar-refractivity contribution in [2.45, 2.75) is 13.3 Å². The standard InChI is InChI=1S/C24H20FN5O2S/c1-15-11-21(30(28-15)24-26-20(14-33-24)16-5-3-2-4-6-16)27-23(32)17-12-22(31)29(13-17)19-9-7-18(25)8-10-19/h2-11,14,17H,12-13H2,1H3,(H,27,32)/t17-/m1/s1. The van der Waals surface area contributed by atoms with E-state index >= 15 is 0 Å². The van der Waals surface area contributed by atoms with Crippen LogP contribution in [0, 0.1) is 18.7 Å². The zero-order valence-corrected chi connectivity index (χ0v) is 18.6. The van der Waals surface area contributed by atoms with E-state index in [0.717, 1.165) is 17.0 Å². The number of halogens is 1. The van der Waals surface area contributed by atoms with Gasteiger partial charge in [-0.1, -0.05) is 30.3 Å². The van der Waals surface area contributed by atoms with E-state index in [0.29, 0.717) is 16.6 Å². The third-order valence-corrected chi connectivity index (χ3v) is 6.28. The van der Waals surface area contributed by atoms with Crippen LogP contribution in [0.5, 0.6) is 0 Å². The van der Waals surface area contributed by atoms with Crippen molar-refractivity contribution >= 4 is 34.7 Å². The van der Waals surface area contributed by atoms with Crippen LogP contribution < -0.4 is 10.2 Å². The second-order valence-electron chi connectivity index (χ2n) is 7.84. The fourth-order valence-corrected chi connectivity index (χ4v) is 4.62. The zero-order valence-electron chi connectivity index (χ0n) is 17.7. The molecule has 1 aliphatic heterocycles. The maximum atomic E-state index is 13.2. The highest BCUT2D eigenvalue weighted by molar-refractivity contribution is 7.12. The number of benzene rings is 2. The number of carbonyl (C=O) groups is 2. The minimum absolute atomic E-state index is 0.0890. The number of rotatable bonds is 5. The van der Waals surface area contributed by atoms with Crippen molar-refractivity contribution in [2.24, 2.45) is 5.92 Å². The first-order valence-electron chi connectivity index (χ1n) is 10.4. The van der Waals surface area contributed by atoms with E-state index in [2.05, 4.69) is 15.4 Å². The Morgan fingerprint density at radius 1 is 1.15 bits per heavy atom. The van der Waals surface area contributed by atoms with Gasteiger partial charge in [-0.25, -0.2) is 9.37 Å². The lowest BCUT2D eigenvalue weighted by Crippen LogP contribution is -2.28. The molecule has 1 saturated heterocycles. The number of aryl methyl sites for hydroxylation is 1. The van der Waals surface area contributed by atoms with Gasteiger partial charge in [0, 0.05) is 35.7 Å². The molecule has 3 heterocycles. The van der Waals surface area contributed by atoms with E-state index in [9.17, 15) is 14.0 Å². The maximum absolute atomic E-state index is 13.2. The molecule has 1 aliphatic rings. The lowest BCUT2D eigenvalue weighted by molar-refractivity contribution is -0.122. The molecule has 0 saturated carbocycles. The molecule has 9 heteroatoms. The van der Waals surface area contributed by atoms with Crippen molar-refractivity contribution in [3.8, 4) is 16.4 Å². The van der Waals surface area contributed by atoms with Crippen LogP contribution in [0.15, 0.2) is 66.0 Å². The molecule has 2 amide bonds. The zero-order chi connectivity index (χ0) is 22.9. The van der Waals surface area contributed by atoms with Crippen molar-refractivity contribution in [2.75, 3.05) is 16.8 Å². The molecule has 1 N–H and O–H groups in total. The van der Waals surface area contributed by atoms with E-state index < -0.39 is 5.92 Å². The van der Waals surface area contributed by atoms with Gasteiger partial charge in [0.2, 0.25) is 16.9 Å². The van der Waals surface area contributed by atoms with Crippen LogP contribution in [-0.2, 0) is 9.59 Å². The molecule has 0 radical (unpaired) electrons. The molecule has 0 bridgehead atoms. The Labute approximate surface area is 193 Å². The second kappa shape index (κ2) is 8.59. The highest BCUT2D eigenvalue weighted by atomic mass is 32.1. The van der Waals surface area contributed by atoms with Crippen LogP contribution in [0.4, 0.5) is 15.9 Å². The highest BCUT2D eigenvalue weighted by Crippen LogP contribution is 2.29. The topological polar surface area (TPSA) is 80.1 Å². The first kappa shape index (κ1) is 21.0. The van der Waals surface area contributed by atoms with Crippen LogP contribution >= 0.6 is 11.3 Å². The molecule has 4 aromatic rings. The van der Waals surface area contributed by atoms with Crippen molar-refractivity contribution in [1.82, 2.24) is 14.8 Å². The number of aromatic nitrogens is 3. The average molecular weight is 462 g/mol. The number of amides is 2. The highest BCUT2D eigenvalue weighted by Gasteiger charge is 2.35. The van der Waals surface area contributed by atoms with Gasteiger partial charge in [0.1, 0.15) is 11.6 Å². The van der Waals surface area contributed by atoms with Gasteiger partial charge >= 0.3 is 0 Å². The van der Waals surface area contributed by atoms with Gasteiger partial charge in [-0.05, 0) is 31.2 Å². The van der Waals surface area contributed by atoms with Gasteiger partial charge in [-0.2, -0.15) is 9.78 Å². The summed E-state index contributed by atoms with van der Waals surface area (Å²) in [5.41, 5.74) is 3.14. The van der Waals surface area contributed by atoms with Gasteiger partial charge in [0.05, 0.1) is 17.3 Å². The Hall–Kier alpha value is -3.85. The number of anilines is 2. The van der Waals surface area contributed by atoms with E-state index in [1.54, 1.807) is 22.9 Å². The summed E-state index contributed by atoms with van der Waals surface area (Å²) in [5, 5.41) is 9.98. The van der Waals surface area contributed by atoms with Crippen LogP contribution in [0.25, 0.3) is 16.4 Å². The summed E-state index contributed by atoms with van der Waals surface area (Å²) >= 11 is 1.43. The van der Waals surface area contributed by atoms with Gasteiger partial charge in [-0.3, -0.25) is 9.59 Å². The third kappa shape index (κ3) is 4.27. The monoisotopic (exact) mass is 461 g/mol. The fraction of sp³-hybridized carbons (Fsp3) is 0.167. The lowest BCUT2D eigenvalue weighted by atomic mass is 10.1. The van der Waals surface area contributed by atoms with Crippen LogP contribution in [0.1, 0.15) is 12.1 Å². The Bertz CT molecular complexity index is 1320. The molecule has 7 nitrogen and oxygen atoms in total. The first-order valence-corrected chi connectivity index (χ1v) is 11.3. The molecule has 0 aliphatic carbocycles. The predicted molar refractivity (Wildman–Crippen MR) is 125 cm³/mol. The van der Waals surface area contributed by atoms with Gasteiger partial charge in [-0.15, -0.1) is 11.3 Å². The van der Waals surface area contributed by atoms with Crippen LogP contribution in [0.3, 0.4) is 0 Å². The van der Waals surface area contributed by atoms with Crippen LogP contribution in [-0.4, -0.2) is 33.1 Å². The number of nitrogens with zero attached hydrogens (tertiary/aromatic N) is 4. The van der Waals surface area contributed by atoms with E-state index in [-0.39, 0.29) is 30.6 Å². The number of thiazole rings is 1. The lowest BCUT2D eigenvalue weighted by Gasteiger charge is -2.16. The second-order valence-corrected chi connectivity index (χ2v) is 8.67. The third-order valence-electron chi connectivity index (χ3n) is 5.46. The number of hydrogen-bond donors (Lipinski definition) is 1. The minimum Gasteiger partial charge on any atom is -0.312 e. The fourth-order valence-electron chi connectivity index (χ4n) is 3.82. The predicted octanol–water partition coefficient (Wildman–Crippen LogP) is 4.43. The van der Waals surface area contributed by atoms with Crippen molar-refractivity contribution in [3.05, 3.63) is 77.6 Å². The molecule has 1 fully saturated rings. The van der Waals surface area contributed by atoms with Crippen molar-refractivity contribution in [1.29, 1.82) is 0 Å². The minimum atomic E-state index is -0.526. The van der Waals surface area contributed by atoms with Crippen molar-refractivity contribution < 1.29 is 14.0 Å². The van der Waals surface area contributed by atoms with E-state index in [1.165, 1.54) is 28.4 Å². The summed E-state index contributed by atoms with van der Waals surface area (Å²) in [6, 6.07) is 17.3. The number of hydrogen-bond acceptors (Lipinski definition) is 5. The average Bonchev–Trinajstić information content (AvgIpc) is 3.53. The number of carbonyl (C=O) groups excluding carboxylic acids is 2.